The Labute approximate surface area is 467 Å². The fourth-order valence-corrected chi connectivity index (χ4v) is 13.4. The Hall–Kier alpha value is -5.20. The van der Waals surface area contributed by atoms with E-state index in [9.17, 15) is 14.4 Å². The Morgan fingerprint density at radius 1 is 0.878 bits per heavy atom. The quantitative estimate of drug-likeness (QED) is 0.0740. The molecular weight excluding hydrogens is 1170 g/mol. The summed E-state index contributed by atoms with van der Waals surface area (Å²) in [6, 6.07) is 17.3. The summed E-state index contributed by atoms with van der Waals surface area (Å²) in [7, 11) is 0. The third-order valence-electron chi connectivity index (χ3n) is 16.1. The van der Waals surface area contributed by atoms with Crippen LogP contribution in [0, 0.1) is 14.1 Å². The number of carbonyl (C=O) groups is 2. The van der Waals surface area contributed by atoms with Crippen LogP contribution in [0.2, 0.25) is 0 Å². The average Bonchev–Trinajstić information content (AvgIpc) is 4.05. The number of hydrogen-bond donors (Lipinski definition) is 1. The van der Waals surface area contributed by atoms with Crippen molar-refractivity contribution in [3.05, 3.63) is 147 Å². The Kier molecular flexibility index (Phi) is 14.9. The Morgan fingerprint density at radius 3 is 2.31 bits per heavy atom. The monoisotopic (exact) mass is 1240 g/mol. The van der Waals surface area contributed by atoms with Gasteiger partial charge in [-0.3, -0.25) is 19.0 Å². The molecule has 2 aromatic carbocycles. The lowest BCUT2D eigenvalue weighted by Crippen LogP contribution is -2.49. The Bertz CT molecular complexity index is 3320. The van der Waals surface area contributed by atoms with Gasteiger partial charge in [0.15, 0.2) is 18.0 Å². The van der Waals surface area contributed by atoms with E-state index < -0.39 is 0 Å². The van der Waals surface area contributed by atoms with Crippen LogP contribution in [-0.4, -0.2) is 85.7 Å². The number of fused-ring (bicyclic) bond motifs is 3. The molecule has 1 saturated heterocycles. The maximum atomic E-state index is 14.1. The molecule has 0 bridgehead atoms. The van der Waals surface area contributed by atoms with Gasteiger partial charge in [-0.15, -0.1) is 0 Å². The second-order valence-corrected chi connectivity index (χ2v) is 24.2. The number of likely N-dealkylation sites (N-methyl/N-ethyl adjacent to an activating group) is 1. The number of carbonyl (C=O) groups excluding carboxylic acids is 2. The molecule has 1 amide bonds. The maximum Gasteiger partial charge on any atom is 0.263 e. The highest BCUT2D eigenvalue weighted by atomic mass is 127. The zero-order chi connectivity index (χ0) is 52.2. The zero-order valence-electron chi connectivity index (χ0n) is 43.5. The fraction of sp³-hybridized carbons (Fsp3) is 0.407. The van der Waals surface area contributed by atoms with Crippen molar-refractivity contribution in [3.8, 4) is 0 Å². The van der Waals surface area contributed by atoms with E-state index in [0.29, 0.717) is 67.5 Å². The molecule has 5 aliphatic rings. The Balaban J connectivity index is 0.812. The first-order chi connectivity index (χ1) is 35.5. The molecule has 2 aliphatic carbocycles. The number of amides is 1. The molecule has 12 nitrogen and oxygen atoms in total. The van der Waals surface area contributed by atoms with Crippen LogP contribution in [-0.2, 0) is 15.6 Å². The summed E-state index contributed by atoms with van der Waals surface area (Å²) in [6.45, 7) is 18.8. The third kappa shape index (κ3) is 9.80. The average molecular weight is 1240 g/mol. The number of anilines is 4. The summed E-state index contributed by atoms with van der Waals surface area (Å²) in [4.78, 5) is 61.1. The predicted octanol–water partition coefficient (Wildman–Crippen LogP) is 12.7. The number of hydrogen-bond acceptors (Lipinski definition) is 9. The lowest BCUT2D eigenvalue weighted by Gasteiger charge is -2.36. The van der Waals surface area contributed by atoms with E-state index in [-0.39, 0.29) is 39.7 Å². The first-order valence-corrected chi connectivity index (χ1v) is 28.7. The second kappa shape index (κ2) is 21.1. The molecule has 384 valence electrons. The molecule has 5 aromatic rings. The number of aromatic nitrogens is 4. The molecular formula is C59H65ClI2N9O3+. The van der Waals surface area contributed by atoms with E-state index >= 15 is 0 Å². The minimum Gasteiger partial charge on any atom is -0.367 e. The molecule has 74 heavy (non-hydrogen) atoms. The number of nitrogens with zero attached hydrogens (tertiary/aromatic N) is 8. The molecule has 1 saturated carbocycles. The van der Waals surface area contributed by atoms with E-state index in [1.165, 1.54) is 47.9 Å². The molecule has 3 aliphatic heterocycles. The molecule has 1 N–H and O–H groups in total. The summed E-state index contributed by atoms with van der Waals surface area (Å²) in [5.41, 5.74) is 11.5. The van der Waals surface area contributed by atoms with Crippen molar-refractivity contribution in [2.45, 2.75) is 117 Å². The summed E-state index contributed by atoms with van der Waals surface area (Å²) in [6.07, 6.45) is 19.7. The minimum atomic E-state index is -0.279. The number of benzene rings is 2. The molecule has 6 heterocycles. The fourth-order valence-electron chi connectivity index (χ4n) is 12.1. The topological polar surface area (TPSA) is 120 Å². The molecule has 0 spiro atoms. The van der Waals surface area contributed by atoms with Crippen molar-refractivity contribution in [1.82, 2.24) is 24.4 Å². The number of piperazine rings is 1. The van der Waals surface area contributed by atoms with E-state index in [1.807, 2.05) is 23.2 Å². The van der Waals surface area contributed by atoms with Gasteiger partial charge in [0, 0.05) is 97.0 Å². The van der Waals surface area contributed by atoms with Gasteiger partial charge in [-0.05, 0) is 183 Å². The van der Waals surface area contributed by atoms with Gasteiger partial charge in [-0.2, -0.15) is 9.56 Å². The third-order valence-corrected chi connectivity index (χ3v) is 18.0. The number of rotatable bonds is 12. The number of ketones is 1. The van der Waals surface area contributed by atoms with Gasteiger partial charge in [0.1, 0.15) is 11.5 Å². The van der Waals surface area contributed by atoms with Crippen LogP contribution >= 0.6 is 56.8 Å². The summed E-state index contributed by atoms with van der Waals surface area (Å²) >= 11 is 12.1. The largest absolute Gasteiger partial charge is 0.367 e. The molecule has 10 rings (SSSR count). The molecule has 15 heteroatoms. The van der Waals surface area contributed by atoms with Gasteiger partial charge in [-0.25, -0.2) is 9.97 Å². The van der Waals surface area contributed by atoms with Crippen LogP contribution in [0.4, 0.5) is 28.8 Å². The minimum absolute atomic E-state index is 0.00374. The van der Waals surface area contributed by atoms with Gasteiger partial charge in [0.25, 0.3) is 5.56 Å². The molecule has 3 aromatic heterocycles. The van der Waals surface area contributed by atoms with E-state index in [4.69, 9.17) is 21.6 Å². The number of halogens is 3. The highest BCUT2D eigenvalue weighted by molar-refractivity contribution is 14.1. The first kappa shape index (κ1) is 52.3. The van der Waals surface area contributed by atoms with Crippen LogP contribution in [0.3, 0.4) is 0 Å². The van der Waals surface area contributed by atoms with Gasteiger partial charge in [0.05, 0.1) is 29.3 Å². The van der Waals surface area contributed by atoms with Crippen molar-refractivity contribution in [2.75, 3.05) is 54.4 Å². The SMILES string of the molecule is CCN1C(=CC=C2CCCC(C=CC3=[N+](CCC(=O)N4CCN(c5ccc(Nc6ncc7c(C)c(C(C)=O)c(=O)n(C8CCCC8)c7n6)nc5)CC4)c4ccc(I)cc4C3(C)C)=C2Cl)C(C)(C)c2cc(I)ccc21. The highest BCUT2D eigenvalue weighted by Gasteiger charge is 2.45. The van der Waals surface area contributed by atoms with Gasteiger partial charge in [0.2, 0.25) is 17.5 Å². The van der Waals surface area contributed by atoms with Crippen LogP contribution < -0.4 is 20.7 Å². The normalized spacial score (nSPS) is 19.7. The summed E-state index contributed by atoms with van der Waals surface area (Å²) in [5, 5.41) is 4.78. The summed E-state index contributed by atoms with van der Waals surface area (Å²) in [5.74, 6) is 0.808. The number of Topliss-reactive ketones (excluding diaryl/α,β-unsaturated/α-hetero) is 1. The smallest absolute Gasteiger partial charge is 0.263 e. The zero-order valence-corrected chi connectivity index (χ0v) is 48.6. The number of nitrogens with one attached hydrogen (secondary N) is 1. The van der Waals surface area contributed by atoms with Crippen molar-refractivity contribution in [1.29, 1.82) is 0 Å². The molecule has 0 atom stereocenters. The standard InChI is InChI=1S/C59H64ClI2N9O3/c1-8-69-47-21-18-40(61)32-45(47)58(4,5)49(69)23-16-38-12-11-13-39(54(38)60)17-24-50-59(6,7)46-33-41(62)19-22-48(46)70(50)27-26-52(73)68-30-28-67(29-31-68)43-20-25-51(63-34-43)65-57-64-35-44-36(2)53(37(3)72)56(74)71(55(44)66-57)42-14-9-10-15-42/h16-25,32-35,42H,8-15,26-31H2,1-7H3/p+1. The van der Waals surface area contributed by atoms with E-state index in [0.717, 1.165) is 73.5 Å². The van der Waals surface area contributed by atoms with Gasteiger partial charge >= 0.3 is 0 Å². The van der Waals surface area contributed by atoms with Crippen LogP contribution in [0.5, 0.6) is 0 Å². The van der Waals surface area contributed by atoms with E-state index in [2.05, 4.69) is 165 Å². The van der Waals surface area contributed by atoms with Gasteiger partial charge in [-0.1, -0.05) is 50.4 Å². The van der Waals surface area contributed by atoms with Crippen molar-refractivity contribution in [3.63, 3.8) is 0 Å². The van der Waals surface area contributed by atoms with Crippen LogP contribution in [0.1, 0.15) is 126 Å². The maximum absolute atomic E-state index is 14.1. The highest BCUT2D eigenvalue weighted by Crippen LogP contribution is 2.49. The Morgan fingerprint density at radius 2 is 1.61 bits per heavy atom. The molecule has 2 fully saturated rings. The number of allylic oxidation sites excluding steroid dienone is 8. The summed E-state index contributed by atoms with van der Waals surface area (Å²) < 4.78 is 6.52. The molecule has 0 radical (unpaired) electrons. The predicted molar refractivity (Wildman–Crippen MR) is 316 cm³/mol. The first-order valence-electron chi connectivity index (χ1n) is 26.2. The molecule has 0 unspecified atom stereocenters. The van der Waals surface area contributed by atoms with Crippen molar-refractivity contribution in [2.24, 2.45) is 0 Å². The lowest BCUT2D eigenvalue weighted by atomic mass is 9.81. The second-order valence-electron chi connectivity index (χ2n) is 21.4. The number of pyridine rings is 2. The van der Waals surface area contributed by atoms with E-state index in [1.54, 1.807) is 17.7 Å². The van der Waals surface area contributed by atoms with Crippen LogP contribution in [0.15, 0.2) is 112 Å². The van der Waals surface area contributed by atoms with Crippen molar-refractivity contribution < 1.29 is 14.2 Å². The van der Waals surface area contributed by atoms with Gasteiger partial charge < -0.3 is 20.0 Å². The van der Waals surface area contributed by atoms with Crippen LogP contribution in [0.25, 0.3) is 11.0 Å². The number of aryl methyl sites for hydroxylation is 1. The lowest BCUT2D eigenvalue weighted by molar-refractivity contribution is -0.436. The van der Waals surface area contributed by atoms with Crippen molar-refractivity contribution >= 4 is 114 Å².